The average Bonchev–Trinajstić information content (AvgIpc) is 2.19. The smallest absolute Gasteiger partial charge is 0.117 e. The largest absolute Gasteiger partial charge is 0.377 e. The van der Waals surface area contributed by atoms with Gasteiger partial charge in [-0.25, -0.2) is 0 Å². The van der Waals surface area contributed by atoms with Crippen molar-refractivity contribution in [3.8, 4) is 0 Å². The normalized spacial score (nSPS) is 35.6. The third kappa shape index (κ3) is 3.91. The van der Waals surface area contributed by atoms with Gasteiger partial charge in [0.1, 0.15) is 6.23 Å². The van der Waals surface area contributed by atoms with Crippen LogP contribution in [-0.2, 0) is 0 Å². The minimum absolute atomic E-state index is 0.0506. The molecular formula is C9H18Cl2N2O. The molecule has 0 amide bonds. The van der Waals surface area contributed by atoms with E-state index in [0.29, 0.717) is 12.6 Å². The second kappa shape index (κ2) is 6.13. The lowest BCUT2D eigenvalue weighted by atomic mass is 9.94. The molecule has 3 unspecified atom stereocenters. The molecular weight excluding hydrogens is 223 g/mol. The molecule has 5 heteroatoms. The van der Waals surface area contributed by atoms with Gasteiger partial charge in [0.05, 0.1) is 10.8 Å². The number of halogens is 2. The van der Waals surface area contributed by atoms with Gasteiger partial charge in [0.15, 0.2) is 0 Å². The zero-order chi connectivity index (χ0) is 10.6. The number of likely N-dealkylation sites (N-methyl/N-ethyl adjacent to an activating group) is 1. The number of aliphatic hydroxyl groups is 1. The maximum atomic E-state index is 9.27. The maximum absolute atomic E-state index is 9.27. The van der Waals surface area contributed by atoms with Crippen LogP contribution in [0.2, 0.25) is 0 Å². The van der Waals surface area contributed by atoms with Crippen molar-refractivity contribution < 1.29 is 5.11 Å². The Kier molecular flexibility index (Phi) is 5.49. The molecule has 0 aliphatic heterocycles. The minimum atomic E-state index is -0.488. The SMILES string of the molecule is CNC(O)CN[C@H]1CCC(Cl)C(Cl)C1. The zero-order valence-corrected chi connectivity index (χ0v) is 9.85. The summed E-state index contributed by atoms with van der Waals surface area (Å²) in [6, 6.07) is 0.385. The molecule has 1 aliphatic rings. The zero-order valence-electron chi connectivity index (χ0n) is 8.34. The Morgan fingerprint density at radius 2 is 2.07 bits per heavy atom. The molecule has 3 nitrogen and oxygen atoms in total. The molecule has 0 aromatic rings. The topological polar surface area (TPSA) is 44.3 Å². The summed E-state index contributed by atoms with van der Waals surface area (Å²) in [7, 11) is 1.73. The van der Waals surface area contributed by atoms with Gasteiger partial charge in [0.2, 0.25) is 0 Å². The van der Waals surface area contributed by atoms with E-state index in [1.807, 2.05) is 0 Å². The molecule has 3 N–H and O–H groups in total. The predicted octanol–water partition coefficient (Wildman–Crippen LogP) is 0.881. The summed E-state index contributed by atoms with van der Waals surface area (Å²) in [5.74, 6) is 0. The number of hydrogen-bond donors (Lipinski definition) is 3. The molecule has 1 fully saturated rings. The lowest BCUT2D eigenvalue weighted by molar-refractivity contribution is 0.137. The molecule has 0 heterocycles. The van der Waals surface area contributed by atoms with Crippen LogP contribution in [0.5, 0.6) is 0 Å². The number of alkyl halides is 2. The molecule has 84 valence electrons. The summed E-state index contributed by atoms with van der Waals surface area (Å²) in [6.07, 6.45) is 2.38. The Bertz CT molecular complexity index is 171. The van der Waals surface area contributed by atoms with Crippen LogP contribution in [0, 0.1) is 0 Å². The number of rotatable bonds is 4. The van der Waals surface area contributed by atoms with E-state index >= 15 is 0 Å². The highest BCUT2D eigenvalue weighted by molar-refractivity contribution is 6.30. The van der Waals surface area contributed by atoms with Gasteiger partial charge in [-0.15, -0.1) is 23.2 Å². The molecule has 0 spiro atoms. The van der Waals surface area contributed by atoms with Gasteiger partial charge in [-0.3, -0.25) is 5.32 Å². The van der Waals surface area contributed by atoms with Crippen LogP contribution in [0.25, 0.3) is 0 Å². The Morgan fingerprint density at radius 1 is 1.36 bits per heavy atom. The molecule has 1 aliphatic carbocycles. The van der Waals surface area contributed by atoms with Crippen molar-refractivity contribution in [2.75, 3.05) is 13.6 Å². The Hall–Kier alpha value is 0.460. The van der Waals surface area contributed by atoms with Crippen LogP contribution in [0.4, 0.5) is 0 Å². The van der Waals surface area contributed by atoms with Crippen molar-refractivity contribution in [3.63, 3.8) is 0 Å². The van der Waals surface area contributed by atoms with Gasteiger partial charge in [-0.1, -0.05) is 0 Å². The Labute approximate surface area is 95.2 Å². The van der Waals surface area contributed by atoms with Gasteiger partial charge in [0, 0.05) is 12.6 Å². The van der Waals surface area contributed by atoms with E-state index < -0.39 is 6.23 Å². The molecule has 4 atom stereocenters. The molecule has 0 saturated heterocycles. The van der Waals surface area contributed by atoms with Crippen molar-refractivity contribution >= 4 is 23.2 Å². The Balaban J connectivity index is 2.20. The van der Waals surface area contributed by atoms with Crippen molar-refractivity contribution in [2.45, 2.75) is 42.3 Å². The number of aliphatic hydroxyl groups excluding tert-OH is 1. The molecule has 1 saturated carbocycles. The van der Waals surface area contributed by atoms with Gasteiger partial charge in [-0.05, 0) is 26.3 Å². The van der Waals surface area contributed by atoms with E-state index in [9.17, 15) is 5.11 Å². The highest BCUT2D eigenvalue weighted by atomic mass is 35.5. The third-order valence-electron chi connectivity index (χ3n) is 2.63. The van der Waals surface area contributed by atoms with Crippen LogP contribution in [0.15, 0.2) is 0 Å². The summed E-state index contributed by atoms with van der Waals surface area (Å²) in [4.78, 5) is 0. The average molecular weight is 241 g/mol. The van der Waals surface area contributed by atoms with E-state index in [1.54, 1.807) is 7.05 Å². The first-order chi connectivity index (χ1) is 6.63. The summed E-state index contributed by atoms with van der Waals surface area (Å²) in [5, 5.41) is 15.5. The lowest BCUT2D eigenvalue weighted by Gasteiger charge is -2.30. The van der Waals surface area contributed by atoms with Crippen molar-refractivity contribution in [2.24, 2.45) is 0 Å². The third-order valence-corrected chi connectivity index (χ3v) is 3.76. The fourth-order valence-corrected chi connectivity index (χ4v) is 2.21. The van der Waals surface area contributed by atoms with E-state index in [4.69, 9.17) is 23.2 Å². The molecule has 14 heavy (non-hydrogen) atoms. The summed E-state index contributed by atoms with van der Waals surface area (Å²) >= 11 is 12.1. The van der Waals surface area contributed by atoms with E-state index in [1.165, 1.54) is 0 Å². The quantitative estimate of drug-likeness (QED) is 0.505. The van der Waals surface area contributed by atoms with Crippen LogP contribution in [-0.4, -0.2) is 41.7 Å². The van der Waals surface area contributed by atoms with Gasteiger partial charge < -0.3 is 10.4 Å². The van der Waals surface area contributed by atoms with Gasteiger partial charge in [-0.2, -0.15) is 0 Å². The van der Waals surface area contributed by atoms with Crippen LogP contribution >= 0.6 is 23.2 Å². The minimum Gasteiger partial charge on any atom is -0.377 e. The highest BCUT2D eigenvalue weighted by Gasteiger charge is 2.27. The monoisotopic (exact) mass is 240 g/mol. The molecule has 0 radical (unpaired) electrons. The van der Waals surface area contributed by atoms with Crippen molar-refractivity contribution in [1.82, 2.24) is 10.6 Å². The predicted molar refractivity (Wildman–Crippen MR) is 60.0 cm³/mol. The lowest BCUT2D eigenvalue weighted by Crippen LogP contribution is -2.44. The second-order valence-corrected chi connectivity index (χ2v) is 4.88. The fourth-order valence-electron chi connectivity index (χ4n) is 1.64. The molecule has 1 rings (SSSR count). The fraction of sp³-hybridized carbons (Fsp3) is 1.00. The number of nitrogens with one attached hydrogen (secondary N) is 2. The first kappa shape index (κ1) is 12.5. The maximum Gasteiger partial charge on any atom is 0.117 e. The second-order valence-electron chi connectivity index (χ2n) is 3.75. The van der Waals surface area contributed by atoms with Crippen molar-refractivity contribution in [1.29, 1.82) is 0 Å². The molecule has 0 aromatic carbocycles. The van der Waals surface area contributed by atoms with Crippen molar-refractivity contribution in [3.05, 3.63) is 0 Å². The van der Waals surface area contributed by atoms with Crippen LogP contribution in [0.1, 0.15) is 19.3 Å². The first-order valence-corrected chi connectivity index (χ1v) is 5.87. The van der Waals surface area contributed by atoms with Crippen LogP contribution < -0.4 is 10.6 Å². The van der Waals surface area contributed by atoms with Gasteiger partial charge >= 0.3 is 0 Å². The molecule has 0 bridgehead atoms. The van der Waals surface area contributed by atoms with E-state index in [0.717, 1.165) is 19.3 Å². The highest BCUT2D eigenvalue weighted by Crippen LogP contribution is 2.27. The first-order valence-electron chi connectivity index (χ1n) is 5.00. The summed E-state index contributed by atoms with van der Waals surface area (Å²) < 4.78 is 0. The van der Waals surface area contributed by atoms with Gasteiger partial charge in [0.25, 0.3) is 0 Å². The summed E-state index contributed by atoms with van der Waals surface area (Å²) in [5.41, 5.74) is 0. The van der Waals surface area contributed by atoms with E-state index in [-0.39, 0.29) is 10.8 Å². The number of hydrogen-bond acceptors (Lipinski definition) is 3. The Morgan fingerprint density at radius 3 is 2.64 bits per heavy atom. The molecule has 0 aromatic heterocycles. The summed E-state index contributed by atoms with van der Waals surface area (Å²) in [6.45, 7) is 0.553. The van der Waals surface area contributed by atoms with E-state index in [2.05, 4.69) is 10.6 Å². The standard InChI is InChI=1S/C9H18Cl2N2O/c1-12-9(14)5-13-6-2-3-7(10)8(11)4-6/h6-9,12-14H,2-5H2,1H3/t6-,7?,8?,9?/m0/s1. The van der Waals surface area contributed by atoms with Crippen LogP contribution in [0.3, 0.4) is 0 Å².